The van der Waals surface area contributed by atoms with Crippen LogP contribution >= 0.6 is 23.1 Å². The first-order chi connectivity index (χ1) is 11.0. The standard InChI is InChI=1S/C15H17N5OS2/c1-9-7-10(2)20-14(17-9)18-15(19-20)23-11(3)13(21)16-8-12-5-4-6-22-12/h4-7,11H,8H2,1-3H3,(H,16,21). The number of thioether (sulfide) groups is 1. The average Bonchev–Trinajstić information content (AvgIpc) is 3.13. The van der Waals surface area contributed by atoms with Gasteiger partial charge in [0.1, 0.15) is 0 Å². The largest absolute Gasteiger partial charge is 0.350 e. The van der Waals surface area contributed by atoms with Crippen molar-refractivity contribution in [2.24, 2.45) is 0 Å². The molecule has 0 saturated carbocycles. The lowest BCUT2D eigenvalue weighted by Gasteiger charge is -2.09. The molecule has 0 bridgehead atoms. The normalized spacial score (nSPS) is 12.5. The van der Waals surface area contributed by atoms with Gasteiger partial charge in [0.25, 0.3) is 5.78 Å². The van der Waals surface area contributed by atoms with Crippen molar-refractivity contribution < 1.29 is 4.79 Å². The second-order valence-electron chi connectivity index (χ2n) is 5.20. The first kappa shape index (κ1) is 15.9. The van der Waals surface area contributed by atoms with Crippen molar-refractivity contribution in [3.05, 3.63) is 39.8 Å². The molecular formula is C15H17N5OS2. The maximum Gasteiger partial charge on any atom is 0.253 e. The van der Waals surface area contributed by atoms with Crippen molar-refractivity contribution in [1.29, 1.82) is 0 Å². The van der Waals surface area contributed by atoms with E-state index in [0.29, 0.717) is 17.5 Å². The van der Waals surface area contributed by atoms with Gasteiger partial charge in [-0.15, -0.1) is 16.4 Å². The number of aryl methyl sites for hydroxylation is 2. The summed E-state index contributed by atoms with van der Waals surface area (Å²) in [6.07, 6.45) is 0. The van der Waals surface area contributed by atoms with Gasteiger partial charge in [-0.1, -0.05) is 17.8 Å². The Hall–Kier alpha value is -1.93. The minimum Gasteiger partial charge on any atom is -0.350 e. The summed E-state index contributed by atoms with van der Waals surface area (Å²) in [4.78, 5) is 22.1. The summed E-state index contributed by atoms with van der Waals surface area (Å²) in [5.41, 5.74) is 1.88. The quantitative estimate of drug-likeness (QED) is 0.718. The first-order valence-corrected chi connectivity index (χ1v) is 8.96. The summed E-state index contributed by atoms with van der Waals surface area (Å²) in [5, 5.41) is 9.63. The van der Waals surface area contributed by atoms with Crippen LogP contribution in [0.2, 0.25) is 0 Å². The maximum atomic E-state index is 12.2. The van der Waals surface area contributed by atoms with Gasteiger partial charge in [0, 0.05) is 16.3 Å². The average molecular weight is 347 g/mol. The van der Waals surface area contributed by atoms with E-state index in [0.717, 1.165) is 16.3 Å². The molecule has 3 rings (SSSR count). The summed E-state index contributed by atoms with van der Waals surface area (Å²) < 4.78 is 1.70. The highest BCUT2D eigenvalue weighted by Crippen LogP contribution is 2.21. The van der Waals surface area contributed by atoms with Crippen molar-refractivity contribution in [2.75, 3.05) is 0 Å². The van der Waals surface area contributed by atoms with Gasteiger partial charge >= 0.3 is 0 Å². The number of fused-ring (bicyclic) bond motifs is 1. The number of nitrogens with zero attached hydrogens (tertiary/aromatic N) is 4. The molecule has 1 unspecified atom stereocenters. The van der Waals surface area contributed by atoms with Crippen LogP contribution in [0, 0.1) is 13.8 Å². The van der Waals surface area contributed by atoms with E-state index in [1.807, 2.05) is 44.4 Å². The zero-order chi connectivity index (χ0) is 16.4. The third-order valence-electron chi connectivity index (χ3n) is 3.27. The zero-order valence-corrected chi connectivity index (χ0v) is 14.7. The van der Waals surface area contributed by atoms with Crippen molar-refractivity contribution in [2.45, 2.75) is 37.7 Å². The van der Waals surface area contributed by atoms with E-state index >= 15 is 0 Å². The second kappa shape index (κ2) is 6.67. The number of carbonyl (C=O) groups is 1. The van der Waals surface area contributed by atoms with Crippen LogP contribution < -0.4 is 5.32 Å². The highest BCUT2D eigenvalue weighted by Gasteiger charge is 2.18. The Kier molecular flexibility index (Phi) is 4.63. The second-order valence-corrected chi connectivity index (χ2v) is 7.54. The van der Waals surface area contributed by atoms with Crippen LogP contribution in [0.1, 0.15) is 23.2 Å². The van der Waals surface area contributed by atoms with Crippen molar-refractivity contribution >= 4 is 34.8 Å². The van der Waals surface area contributed by atoms with E-state index in [9.17, 15) is 4.79 Å². The number of thiophene rings is 1. The molecule has 0 aliphatic carbocycles. The number of amides is 1. The van der Waals surface area contributed by atoms with Crippen LogP contribution in [-0.4, -0.2) is 30.7 Å². The Balaban J connectivity index is 1.66. The molecule has 1 N–H and O–H groups in total. The van der Waals surface area contributed by atoms with Crippen LogP contribution in [-0.2, 0) is 11.3 Å². The summed E-state index contributed by atoms with van der Waals surface area (Å²) in [7, 11) is 0. The third-order valence-corrected chi connectivity index (χ3v) is 5.09. The highest BCUT2D eigenvalue weighted by molar-refractivity contribution is 8.00. The van der Waals surface area contributed by atoms with Crippen LogP contribution in [0.4, 0.5) is 0 Å². The fourth-order valence-corrected chi connectivity index (χ4v) is 3.55. The summed E-state index contributed by atoms with van der Waals surface area (Å²) >= 11 is 2.97. The minimum atomic E-state index is -0.270. The van der Waals surface area contributed by atoms with Gasteiger partial charge in [0.05, 0.1) is 11.8 Å². The SMILES string of the molecule is Cc1cc(C)n2nc(SC(C)C(=O)NCc3cccs3)nc2n1. The molecule has 8 heteroatoms. The molecule has 0 aromatic carbocycles. The van der Waals surface area contributed by atoms with Gasteiger partial charge < -0.3 is 5.32 Å². The van der Waals surface area contributed by atoms with Gasteiger partial charge in [-0.25, -0.2) is 9.50 Å². The minimum absolute atomic E-state index is 0.0249. The topological polar surface area (TPSA) is 72.2 Å². The third kappa shape index (κ3) is 3.70. The Bertz CT molecular complexity index is 828. The molecule has 1 atom stereocenters. The molecule has 0 spiro atoms. The summed E-state index contributed by atoms with van der Waals surface area (Å²) in [6, 6.07) is 5.93. The lowest BCUT2D eigenvalue weighted by Crippen LogP contribution is -2.30. The van der Waals surface area contributed by atoms with E-state index in [1.165, 1.54) is 11.8 Å². The molecule has 120 valence electrons. The molecule has 0 fully saturated rings. The van der Waals surface area contributed by atoms with Crippen LogP contribution in [0.3, 0.4) is 0 Å². The molecular weight excluding hydrogens is 330 g/mol. The predicted molar refractivity (Wildman–Crippen MR) is 91.7 cm³/mol. The van der Waals surface area contributed by atoms with Crippen molar-refractivity contribution in [3.8, 4) is 0 Å². The molecule has 23 heavy (non-hydrogen) atoms. The Morgan fingerprint density at radius 1 is 1.43 bits per heavy atom. The number of rotatable bonds is 5. The molecule has 3 aromatic rings. The van der Waals surface area contributed by atoms with Gasteiger partial charge in [-0.2, -0.15) is 4.98 Å². The number of hydrogen-bond acceptors (Lipinski definition) is 6. The highest BCUT2D eigenvalue weighted by atomic mass is 32.2. The van der Waals surface area contributed by atoms with E-state index in [2.05, 4.69) is 20.4 Å². The zero-order valence-electron chi connectivity index (χ0n) is 13.1. The monoisotopic (exact) mass is 347 g/mol. The lowest BCUT2D eigenvalue weighted by atomic mass is 10.4. The van der Waals surface area contributed by atoms with Crippen LogP contribution in [0.15, 0.2) is 28.7 Å². The Morgan fingerprint density at radius 2 is 2.26 bits per heavy atom. The fourth-order valence-electron chi connectivity index (χ4n) is 2.14. The molecule has 0 radical (unpaired) electrons. The van der Waals surface area contributed by atoms with Crippen LogP contribution in [0.25, 0.3) is 5.78 Å². The van der Waals surface area contributed by atoms with Gasteiger partial charge in [-0.3, -0.25) is 4.79 Å². The molecule has 3 heterocycles. The van der Waals surface area contributed by atoms with E-state index in [-0.39, 0.29) is 11.2 Å². The lowest BCUT2D eigenvalue weighted by molar-refractivity contribution is -0.120. The molecule has 0 aliphatic heterocycles. The van der Waals surface area contributed by atoms with Gasteiger partial charge in [0.2, 0.25) is 11.1 Å². The first-order valence-electron chi connectivity index (χ1n) is 7.20. The van der Waals surface area contributed by atoms with Gasteiger partial charge in [-0.05, 0) is 38.3 Å². The smallest absolute Gasteiger partial charge is 0.253 e. The predicted octanol–water partition coefficient (Wildman–Crippen LogP) is 2.60. The Morgan fingerprint density at radius 3 is 3.00 bits per heavy atom. The molecule has 1 amide bonds. The number of hydrogen-bond donors (Lipinski definition) is 1. The molecule has 3 aromatic heterocycles. The molecule has 6 nitrogen and oxygen atoms in total. The van der Waals surface area contributed by atoms with Gasteiger partial charge in [0.15, 0.2) is 0 Å². The van der Waals surface area contributed by atoms with Crippen molar-refractivity contribution in [3.63, 3.8) is 0 Å². The molecule has 0 aliphatic rings. The number of nitrogens with one attached hydrogen (secondary N) is 1. The number of aromatic nitrogens is 4. The van der Waals surface area contributed by atoms with E-state index in [4.69, 9.17) is 0 Å². The van der Waals surface area contributed by atoms with E-state index in [1.54, 1.807) is 15.9 Å². The summed E-state index contributed by atoms with van der Waals surface area (Å²) in [5.74, 6) is 0.541. The number of carbonyl (C=O) groups excluding carboxylic acids is 1. The molecule has 0 saturated heterocycles. The van der Waals surface area contributed by atoms with Crippen LogP contribution in [0.5, 0.6) is 0 Å². The van der Waals surface area contributed by atoms with Crippen molar-refractivity contribution in [1.82, 2.24) is 24.9 Å². The maximum absolute atomic E-state index is 12.2. The fraction of sp³-hybridized carbons (Fsp3) is 0.333. The van der Waals surface area contributed by atoms with E-state index < -0.39 is 0 Å². The Labute approximate surface area is 142 Å². The summed E-state index contributed by atoms with van der Waals surface area (Å²) in [6.45, 7) is 6.29.